The highest BCUT2D eigenvalue weighted by molar-refractivity contribution is 5.76. The molecule has 1 fully saturated rings. The quantitative estimate of drug-likeness (QED) is 0.909. The molecule has 22 heavy (non-hydrogen) atoms. The number of hydrogen-bond acceptors (Lipinski definition) is 3. The summed E-state index contributed by atoms with van der Waals surface area (Å²) < 4.78 is 14.2. The van der Waals surface area contributed by atoms with E-state index in [-0.39, 0.29) is 6.67 Å². The number of rotatable bonds is 5. The first-order chi connectivity index (χ1) is 10.7. The van der Waals surface area contributed by atoms with Crippen LogP contribution >= 0.6 is 0 Å². The molecule has 1 aliphatic heterocycles. The van der Waals surface area contributed by atoms with Crippen molar-refractivity contribution in [2.45, 2.75) is 44.4 Å². The Bertz CT molecular complexity index is 549. The fourth-order valence-electron chi connectivity index (χ4n) is 3.78. The average molecular weight is 306 g/mol. The Morgan fingerprint density at radius 3 is 3.00 bits per heavy atom. The summed E-state index contributed by atoms with van der Waals surface area (Å²) in [5, 5.41) is 4.73. The van der Waals surface area contributed by atoms with Gasteiger partial charge in [-0.25, -0.2) is 0 Å². The number of halogens is 1. The number of alkyl halides is 1. The van der Waals surface area contributed by atoms with E-state index in [9.17, 15) is 4.39 Å². The summed E-state index contributed by atoms with van der Waals surface area (Å²) in [5.41, 5.74) is 10.1. The van der Waals surface area contributed by atoms with Gasteiger partial charge < -0.3 is 10.6 Å². The molecule has 1 saturated heterocycles. The SMILES string of the molecule is Cn1nc([C@H]2CCN(CCCF)C2)c(C2=CCCCC2)c1N. The average Bonchev–Trinajstić information content (AvgIpc) is 3.12. The van der Waals surface area contributed by atoms with Crippen LogP contribution in [0.3, 0.4) is 0 Å². The minimum Gasteiger partial charge on any atom is -0.383 e. The van der Waals surface area contributed by atoms with Crippen molar-refractivity contribution in [2.75, 3.05) is 32.0 Å². The summed E-state index contributed by atoms with van der Waals surface area (Å²) in [5.74, 6) is 1.23. The van der Waals surface area contributed by atoms with Crippen molar-refractivity contribution >= 4 is 11.4 Å². The number of allylic oxidation sites excluding steroid dienone is 2. The Balaban J connectivity index is 1.82. The number of aromatic nitrogens is 2. The van der Waals surface area contributed by atoms with Gasteiger partial charge >= 0.3 is 0 Å². The van der Waals surface area contributed by atoms with Crippen LogP contribution in [-0.2, 0) is 7.05 Å². The molecule has 2 aliphatic rings. The molecular formula is C17H27FN4. The van der Waals surface area contributed by atoms with Crippen LogP contribution in [0.2, 0.25) is 0 Å². The van der Waals surface area contributed by atoms with Crippen molar-refractivity contribution in [1.82, 2.24) is 14.7 Å². The zero-order valence-corrected chi connectivity index (χ0v) is 13.5. The molecule has 122 valence electrons. The molecule has 2 heterocycles. The molecule has 0 radical (unpaired) electrons. The van der Waals surface area contributed by atoms with Crippen LogP contribution < -0.4 is 5.73 Å². The number of hydrogen-bond donors (Lipinski definition) is 1. The maximum Gasteiger partial charge on any atom is 0.129 e. The maximum absolute atomic E-state index is 12.4. The second kappa shape index (κ2) is 6.82. The smallest absolute Gasteiger partial charge is 0.129 e. The van der Waals surface area contributed by atoms with Crippen LogP contribution in [0.4, 0.5) is 10.2 Å². The molecule has 1 aliphatic carbocycles. The molecule has 5 heteroatoms. The third-order valence-corrected chi connectivity index (χ3v) is 5.00. The molecule has 0 aromatic carbocycles. The fourth-order valence-corrected chi connectivity index (χ4v) is 3.78. The Morgan fingerprint density at radius 2 is 2.27 bits per heavy atom. The van der Waals surface area contributed by atoms with E-state index >= 15 is 0 Å². The van der Waals surface area contributed by atoms with E-state index in [4.69, 9.17) is 10.8 Å². The lowest BCUT2D eigenvalue weighted by molar-refractivity contribution is 0.308. The molecule has 1 atom stereocenters. The minimum absolute atomic E-state index is 0.226. The summed E-state index contributed by atoms with van der Waals surface area (Å²) >= 11 is 0. The predicted molar refractivity (Wildman–Crippen MR) is 88.5 cm³/mol. The minimum atomic E-state index is -0.226. The first-order valence-corrected chi connectivity index (χ1v) is 8.50. The van der Waals surface area contributed by atoms with E-state index in [0.717, 1.165) is 50.4 Å². The van der Waals surface area contributed by atoms with E-state index in [1.165, 1.54) is 24.0 Å². The van der Waals surface area contributed by atoms with E-state index in [0.29, 0.717) is 12.3 Å². The number of nitrogen functional groups attached to an aromatic ring is 1. The third kappa shape index (κ3) is 3.05. The molecule has 4 nitrogen and oxygen atoms in total. The number of likely N-dealkylation sites (tertiary alicyclic amines) is 1. The molecular weight excluding hydrogens is 279 g/mol. The van der Waals surface area contributed by atoms with Crippen molar-refractivity contribution in [1.29, 1.82) is 0 Å². The monoisotopic (exact) mass is 306 g/mol. The Kier molecular flexibility index (Phi) is 4.81. The van der Waals surface area contributed by atoms with Gasteiger partial charge in [0, 0.05) is 31.6 Å². The number of nitrogens with zero attached hydrogens (tertiary/aromatic N) is 3. The van der Waals surface area contributed by atoms with Crippen molar-refractivity contribution in [2.24, 2.45) is 7.05 Å². The third-order valence-electron chi connectivity index (χ3n) is 5.00. The van der Waals surface area contributed by atoms with E-state index in [1.54, 1.807) is 0 Å². The van der Waals surface area contributed by atoms with Crippen LogP contribution in [0.5, 0.6) is 0 Å². The van der Waals surface area contributed by atoms with E-state index in [2.05, 4.69) is 11.0 Å². The zero-order valence-electron chi connectivity index (χ0n) is 13.5. The van der Waals surface area contributed by atoms with Gasteiger partial charge in [0.15, 0.2) is 0 Å². The largest absolute Gasteiger partial charge is 0.383 e. The van der Waals surface area contributed by atoms with Crippen LogP contribution in [0.25, 0.3) is 5.57 Å². The Labute approximate surface area is 132 Å². The van der Waals surface area contributed by atoms with Crippen LogP contribution in [-0.4, -0.2) is 41.0 Å². The van der Waals surface area contributed by atoms with Crippen LogP contribution in [0.1, 0.15) is 55.7 Å². The topological polar surface area (TPSA) is 47.1 Å². The second-order valence-electron chi connectivity index (χ2n) is 6.57. The molecule has 0 bridgehead atoms. The normalized spacial score (nSPS) is 23.0. The van der Waals surface area contributed by atoms with E-state index in [1.807, 2.05) is 11.7 Å². The molecule has 0 amide bonds. The Hall–Kier alpha value is -1.36. The molecule has 0 saturated carbocycles. The van der Waals surface area contributed by atoms with Crippen molar-refractivity contribution in [3.63, 3.8) is 0 Å². The second-order valence-corrected chi connectivity index (χ2v) is 6.57. The lowest BCUT2D eigenvalue weighted by Crippen LogP contribution is -2.22. The molecule has 1 aromatic heterocycles. The highest BCUT2D eigenvalue weighted by atomic mass is 19.1. The van der Waals surface area contributed by atoms with Gasteiger partial charge in [-0.2, -0.15) is 5.10 Å². The van der Waals surface area contributed by atoms with Gasteiger partial charge in [-0.1, -0.05) is 6.08 Å². The van der Waals surface area contributed by atoms with Gasteiger partial charge in [-0.15, -0.1) is 0 Å². The zero-order chi connectivity index (χ0) is 15.5. The lowest BCUT2D eigenvalue weighted by Gasteiger charge is -2.17. The number of aryl methyl sites for hydroxylation is 1. The fraction of sp³-hybridized carbons (Fsp3) is 0.706. The van der Waals surface area contributed by atoms with E-state index < -0.39 is 0 Å². The molecule has 0 unspecified atom stereocenters. The summed E-state index contributed by atoms with van der Waals surface area (Å²) in [4.78, 5) is 2.36. The summed E-state index contributed by atoms with van der Waals surface area (Å²) in [6, 6.07) is 0. The highest BCUT2D eigenvalue weighted by Gasteiger charge is 2.30. The Morgan fingerprint density at radius 1 is 1.41 bits per heavy atom. The molecule has 0 spiro atoms. The maximum atomic E-state index is 12.4. The van der Waals surface area contributed by atoms with Gasteiger partial charge in [-0.3, -0.25) is 9.07 Å². The first kappa shape index (κ1) is 15.5. The van der Waals surface area contributed by atoms with Gasteiger partial charge in [0.1, 0.15) is 5.82 Å². The highest BCUT2D eigenvalue weighted by Crippen LogP contribution is 2.38. The van der Waals surface area contributed by atoms with Crippen molar-refractivity contribution in [3.05, 3.63) is 17.3 Å². The molecule has 1 aromatic rings. The number of nitrogens with two attached hydrogens (primary N) is 1. The predicted octanol–water partition coefficient (Wildman–Crippen LogP) is 3.11. The molecule has 3 rings (SSSR count). The van der Waals surface area contributed by atoms with Crippen LogP contribution in [0, 0.1) is 0 Å². The van der Waals surface area contributed by atoms with Gasteiger partial charge in [-0.05, 0) is 50.6 Å². The van der Waals surface area contributed by atoms with Crippen LogP contribution in [0.15, 0.2) is 6.08 Å². The summed E-state index contributed by atoms with van der Waals surface area (Å²) in [7, 11) is 1.93. The van der Waals surface area contributed by atoms with Gasteiger partial charge in [0.25, 0.3) is 0 Å². The van der Waals surface area contributed by atoms with Crippen molar-refractivity contribution < 1.29 is 4.39 Å². The summed E-state index contributed by atoms with van der Waals surface area (Å²) in [6.07, 6.45) is 8.86. The standard InChI is InChI=1S/C17H27FN4/c1-21-17(19)15(13-6-3-2-4-7-13)16(20-21)14-8-11-22(12-14)10-5-9-18/h6,14H,2-5,7-12,19H2,1H3/t14-/m0/s1. The number of anilines is 1. The summed E-state index contributed by atoms with van der Waals surface area (Å²) in [6.45, 7) is 2.65. The molecule has 2 N–H and O–H groups in total. The van der Waals surface area contributed by atoms with Gasteiger partial charge in [0.05, 0.1) is 12.4 Å². The van der Waals surface area contributed by atoms with Crippen molar-refractivity contribution in [3.8, 4) is 0 Å². The first-order valence-electron chi connectivity index (χ1n) is 8.50. The lowest BCUT2D eigenvalue weighted by atomic mass is 9.89. The van der Waals surface area contributed by atoms with Gasteiger partial charge in [0.2, 0.25) is 0 Å².